The van der Waals surface area contributed by atoms with Gasteiger partial charge in [-0.05, 0) is 20.3 Å². The predicted octanol–water partition coefficient (Wildman–Crippen LogP) is 0.712. The van der Waals surface area contributed by atoms with E-state index < -0.39 is 15.6 Å². The van der Waals surface area contributed by atoms with Crippen LogP contribution in [0, 0.1) is 0 Å². The minimum Gasteiger partial charge on any atom is -0.376 e. The number of hydrogen-bond acceptors (Lipinski definition) is 3. The van der Waals surface area contributed by atoms with Gasteiger partial charge in [0.2, 0.25) is 10.0 Å². The molecule has 84 valence electrons. The second-order valence-electron chi connectivity index (χ2n) is 3.79. The van der Waals surface area contributed by atoms with Crippen LogP contribution in [0.1, 0.15) is 20.3 Å². The number of rotatable bonds is 4. The molecule has 2 atom stereocenters. The van der Waals surface area contributed by atoms with Crippen LogP contribution in [0.2, 0.25) is 0 Å². The molecule has 0 aliphatic carbocycles. The van der Waals surface area contributed by atoms with Crippen molar-refractivity contribution in [2.24, 2.45) is 0 Å². The molecule has 0 spiro atoms. The van der Waals surface area contributed by atoms with Gasteiger partial charge < -0.3 is 4.74 Å². The second-order valence-corrected chi connectivity index (χ2v) is 6.01. The third-order valence-corrected chi connectivity index (χ3v) is 4.55. The average Bonchev–Trinajstić information content (AvgIpc) is 2.30. The van der Waals surface area contributed by atoms with Crippen LogP contribution in [0.25, 0.3) is 0 Å². The highest BCUT2D eigenvalue weighted by Crippen LogP contribution is 2.25. The maximum atomic E-state index is 11.5. The second kappa shape index (κ2) is 4.35. The van der Waals surface area contributed by atoms with Crippen LogP contribution < -0.4 is 4.72 Å². The first-order valence-electron chi connectivity index (χ1n) is 4.59. The zero-order valence-electron chi connectivity index (χ0n) is 8.42. The molecule has 0 saturated carbocycles. The molecule has 1 rings (SSSR count). The summed E-state index contributed by atoms with van der Waals surface area (Å²) in [4.78, 5) is 0. The Hall–Kier alpha value is 0.160. The van der Waals surface area contributed by atoms with Crippen LogP contribution in [-0.4, -0.2) is 38.3 Å². The molecule has 0 aromatic rings. The van der Waals surface area contributed by atoms with Gasteiger partial charge in [-0.15, -0.1) is 11.6 Å². The highest BCUT2D eigenvalue weighted by Gasteiger charge is 2.39. The first-order valence-corrected chi connectivity index (χ1v) is 6.77. The molecule has 2 unspecified atom stereocenters. The van der Waals surface area contributed by atoms with Gasteiger partial charge in [0.15, 0.2) is 0 Å². The fourth-order valence-electron chi connectivity index (χ4n) is 1.48. The summed E-state index contributed by atoms with van der Waals surface area (Å²) in [5, 5.41) is 0. The number of halogens is 1. The predicted molar refractivity (Wildman–Crippen MR) is 56.1 cm³/mol. The molecule has 0 aromatic carbocycles. The Balaban J connectivity index is 2.67. The summed E-state index contributed by atoms with van der Waals surface area (Å²) in [6.45, 7) is 4.33. The molecule has 14 heavy (non-hydrogen) atoms. The van der Waals surface area contributed by atoms with Gasteiger partial charge in [-0.25, -0.2) is 13.1 Å². The van der Waals surface area contributed by atoms with Crippen LogP contribution in [0.15, 0.2) is 0 Å². The van der Waals surface area contributed by atoms with Crippen molar-refractivity contribution in [3.8, 4) is 0 Å². The van der Waals surface area contributed by atoms with Crippen LogP contribution in [0.5, 0.6) is 0 Å². The Morgan fingerprint density at radius 1 is 1.64 bits per heavy atom. The topological polar surface area (TPSA) is 55.4 Å². The molecule has 1 N–H and O–H groups in total. The summed E-state index contributed by atoms with van der Waals surface area (Å²) in [5.41, 5.74) is -0.481. The average molecular weight is 242 g/mol. The Bertz CT molecular complexity index is 293. The quantitative estimate of drug-likeness (QED) is 0.738. The molecule has 1 fully saturated rings. The van der Waals surface area contributed by atoms with E-state index in [4.69, 9.17) is 16.3 Å². The molecule has 6 heteroatoms. The van der Waals surface area contributed by atoms with Gasteiger partial charge in [0.25, 0.3) is 0 Å². The number of nitrogens with one attached hydrogen (secondary N) is 1. The highest BCUT2D eigenvalue weighted by atomic mass is 35.5. The third-order valence-electron chi connectivity index (χ3n) is 2.62. The van der Waals surface area contributed by atoms with E-state index in [1.807, 2.05) is 13.8 Å². The van der Waals surface area contributed by atoms with Gasteiger partial charge in [-0.1, -0.05) is 0 Å². The lowest BCUT2D eigenvalue weighted by atomic mass is 9.97. The van der Waals surface area contributed by atoms with E-state index in [1.54, 1.807) is 0 Å². The van der Waals surface area contributed by atoms with E-state index in [-0.39, 0.29) is 17.7 Å². The van der Waals surface area contributed by atoms with Crippen molar-refractivity contribution >= 4 is 21.6 Å². The van der Waals surface area contributed by atoms with Crippen LogP contribution >= 0.6 is 11.6 Å². The molecular formula is C8H16ClNO3S. The summed E-state index contributed by atoms with van der Waals surface area (Å²) in [7, 11) is -3.27. The molecule has 1 heterocycles. The number of ether oxygens (including phenoxy) is 1. The van der Waals surface area contributed by atoms with E-state index in [1.165, 1.54) is 0 Å². The summed E-state index contributed by atoms with van der Waals surface area (Å²) in [6.07, 6.45) is 0.614. The van der Waals surface area contributed by atoms with Crippen molar-refractivity contribution in [3.05, 3.63) is 0 Å². The summed E-state index contributed by atoms with van der Waals surface area (Å²) < 4.78 is 30.9. The van der Waals surface area contributed by atoms with E-state index in [2.05, 4.69) is 4.72 Å². The zero-order chi connectivity index (χ0) is 10.8. The largest absolute Gasteiger partial charge is 0.376 e. The Kier molecular flexibility index (Phi) is 3.80. The number of alkyl halides is 1. The first kappa shape index (κ1) is 12.2. The van der Waals surface area contributed by atoms with Crippen LogP contribution in [0.3, 0.4) is 0 Å². The third kappa shape index (κ3) is 2.82. The molecule has 0 aromatic heterocycles. The molecular weight excluding hydrogens is 226 g/mol. The Labute approximate surface area is 90.0 Å². The lowest BCUT2D eigenvalue weighted by Gasteiger charge is -2.28. The van der Waals surface area contributed by atoms with E-state index in [0.717, 1.165) is 0 Å². The maximum Gasteiger partial charge on any atom is 0.213 e. The standard InChI is InChI=1S/C8H16ClNO3S/c1-7-8(2,3-5-13-7)10-14(11,12)6-4-9/h7,10H,3-6H2,1-2H3. The molecule has 0 bridgehead atoms. The summed E-state index contributed by atoms with van der Waals surface area (Å²) >= 11 is 5.40. The fourth-order valence-corrected chi connectivity index (χ4v) is 3.37. The smallest absolute Gasteiger partial charge is 0.213 e. The minimum absolute atomic E-state index is 0.0448. The van der Waals surface area contributed by atoms with Crippen molar-refractivity contribution in [2.75, 3.05) is 18.2 Å². The monoisotopic (exact) mass is 241 g/mol. The van der Waals surface area contributed by atoms with Crippen molar-refractivity contribution in [1.29, 1.82) is 0 Å². The number of hydrogen-bond donors (Lipinski definition) is 1. The Morgan fingerprint density at radius 3 is 2.71 bits per heavy atom. The molecule has 4 nitrogen and oxygen atoms in total. The first-order chi connectivity index (χ1) is 6.40. The fraction of sp³-hybridized carbons (Fsp3) is 1.00. The van der Waals surface area contributed by atoms with Crippen LogP contribution in [-0.2, 0) is 14.8 Å². The van der Waals surface area contributed by atoms with Crippen molar-refractivity contribution in [1.82, 2.24) is 4.72 Å². The SMILES string of the molecule is CC1OCCC1(C)NS(=O)(=O)CCCl. The highest BCUT2D eigenvalue weighted by molar-refractivity contribution is 7.89. The lowest BCUT2D eigenvalue weighted by molar-refractivity contribution is 0.0957. The number of sulfonamides is 1. The Morgan fingerprint density at radius 2 is 2.29 bits per heavy atom. The molecule has 0 amide bonds. The van der Waals surface area contributed by atoms with Crippen molar-refractivity contribution < 1.29 is 13.2 Å². The van der Waals surface area contributed by atoms with E-state index >= 15 is 0 Å². The van der Waals surface area contributed by atoms with Gasteiger partial charge in [0.05, 0.1) is 17.4 Å². The lowest BCUT2D eigenvalue weighted by Crippen LogP contribution is -2.51. The summed E-state index contributed by atoms with van der Waals surface area (Å²) in [5.74, 6) is 0.0670. The maximum absolute atomic E-state index is 11.5. The normalized spacial score (nSPS) is 33.5. The van der Waals surface area contributed by atoms with Gasteiger partial charge in [0.1, 0.15) is 0 Å². The molecule has 1 aliphatic heterocycles. The van der Waals surface area contributed by atoms with Crippen molar-refractivity contribution in [3.63, 3.8) is 0 Å². The van der Waals surface area contributed by atoms with Gasteiger partial charge in [-0.2, -0.15) is 0 Å². The van der Waals surface area contributed by atoms with Gasteiger partial charge >= 0.3 is 0 Å². The minimum atomic E-state index is -3.27. The van der Waals surface area contributed by atoms with Gasteiger partial charge in [-0.3, -0.25) is 0 Å². The van der Waals surface area contributed by atoms with Crippen molar-refractivity contribution in [2.45, 2.75) is 31.9 Å². The van der Waals surface area contributed by atoms with E-state index in [9.17, 15) is 8.42 Å². The summed E-state index contributed by atoms with van der Waals surface area (Å²) in [6, 6.07) is 0. The molecule has 1 saturated heterocycles. The molecule has 1 aliphatic rings. The molecule has 0 radical (unpaired) electrons. The zero-order valence-corrected chi connectivity index (χ0v) is 9.99. The van der Waals surface area contributed by atoms with Gasteiger partial charge in [0, 0.05) is 12.5 Å². The van der Waals surface area contributed by atoms with Crippen LogP contribution in [0.4, 0.5) is 0 Å². The van der Waals surface area contributed by atoms with E-state index in [0.29, 0.717) is 13.0 Å².